The fraction of sp³-hybridized carbons (Fsp3) is 0.500. The van der Waals surface area contributed by atoms with Crippen molar-refractivity contribution in [2.45, 2.75) is 38.2 Å². The average molecular weight is 318 g/mol. The van der Waals surface area contributed by atoms with Crippen LogP contribution in [0.2, 0.25) is 0 Å². The van der Waals surface area contributed by atoms with E-state index in [0.29, 0.717) is 11.5 Å². The summed E-state index contributed by atoms with van der Waals surface area (Å²) in [4.78, 5) is 2.65. The van der Waals surface area contributed by atoms with E-state index in [9.17, 15) is 13.2 Å². The molecule has 2 N–H and O–H groups in total. The summed E-state index contributed by atoms with van der Waals surface area (Å²) in [6.07, 6.45) is -1.55. The lowest BCUT2D eigenvalue weighted by Crippen LogP contribution is -2.46. The van der Waals surface area contributed by atoms with Gasteiger partial charge in [0.05, 0.1) is 11.0 Å². The van der Waals surface area contributed by atoms with Crippen LogP contribution in [0.4, 0.5) is 13.2 Å². The summed E-state index contributed by atoms with van der Waals surface area (Å²) in [5.41, 5.74) is 6.66. The minimum absolute atomic E-state index is 0.0693. The van der Waals surface area contributed by atoms with E-state index < -0.39 is 6.36 Å². The lowest BCUT2D eigenvalue weighted by molar-refractivity contribution is -0.274. The lowest BCUT2D eigenvalue weighted by atomic mass is 10.0. The van der Waals surface area contributed by atoms with Crippen molar-refractivity contribution in [2.75, 3.05) is 6.54 Å². The van der Waals surface area contributed by atoms with Crippen LogP contribution in [0.1, 0.15) is 24.8 Å². The topological polar surface area (TPSA) is 38.5 Å². The molecule has 0 spiro atoms. The predicted molar refractivity (Wildman–Crippen MR) is 78.0 cm³/mol. The molecule has 0 amide bonds. The van der Waals surface area contributed by atoms with Gasteiger partial charge in [0, 0.05) is 6.54 Å². The number of halogens is 3. The molecule has 0 aliphatic carbocycles. The van der Waals surface area contributed by atoms with Crippen LogP contribution in [-0.4, -0.2) is 28.8 Å². The molecule has 116 valence electrons. The number of nitrogens with two attached hydrogens (primary N) is 1. The first-order valence-electron chi connectivity index (χ1n) is 6.73. The van der Waals surface area contributed by atoms with Gasteiger partial charge in [-0.3, -0.25) is 4.90 Å². The minimum Gasteiger partial charge on any atom is -0.406 e. The van der Waals surface area contributed by atoms with Crippen LogP contribution in [0, 0.1) is 0 Å². The van der Waals surface area contributed by atoms with E-state index in [2.05, 4.69) is 9.64 Å². The van der Waals surface area contributed by atoms with Crippen molar-refractivity contribution in [3.8, 4) is 5.75 Å². The highest BCUT2D eigenvalue weighted by molar-refractivity contribution is 7.80. The third-order valence-electron chi connectivity index (χ3n) is 3.48. The molecule has 0 bridgehead atoms. The monoisotopic (exact) mass is 318 g/mol. The van der Waals surface area contributed by atoms with E-state index >= 15 is 0 Å². The second-order valence-electron chi connectivity index (χ2n) is 5.08. The fourth-order valence-electron chi connectivity index (χ4n) is 2.53. The molecule has 0 aromatic heterocycles. The molecule has 7 heteroatoms. The Morgan fingerprint density at radius 1 is 1.29 bits per heavy atom. The first-order valence-corrected chi connectivity index (χ1v) is 7.14. The number of likely N-dealkylation sites (tertiary alicyclic amines) is 1. The van der Waals surface area contributed by atoms with Crippen LogP contribution < -0.4 is 10.5 Å². The van der Waals surface area contributed by atoms with E-state index in [1.54, 1.807) is 12.1 Å². The number of hydrogen-bond acceptors (Lipinski definition) is 3. The summed E-state index contributed by atoms with van der Waals surface area (Å²) in [6.45, 7) is 1.51. The van der Waals surface area contributed by atoms with Gasteiger partial charge in [0.25, 0.3) is 0 Å². The normalized spacial score (nSPS) is 20.2. The molecule has 1 heterocycles. The number of nitrogens with zero attached hydrogens (tertiary/aromatic N) is 1. The summed E-state index contributed by atoms with van der Waals surface area (Å²) < 4.78 is 40.1. The molecule has 2 rings (SSSR count). The standard InChI is InChI=1S/C14H17F3N2OS/c15-14(16,17)20-11-6-4-10(5-7-11)9-19-8-2-1-3-12(19)13(18)21/h4-7,12H,1-3,8-9H2,(H2,18,21). The Kier molecular flexibility index (Phi) is 5.05. The highest BCUT2D eigenvalue weighted by Crippen LogP contribution is 2.24. The van der Waals surface area contributed by atoms with Crippen LogP contribution in [0.3, 0.4) is 0 Å². The fourth-order valence-corrected chi connectivity index (χ4v) is 2.80. The predicted octanol–water partition coefficient (Wildman–Crippen LogP) is 3.23. The first-order chi connectivity index (χ1) is 9.85. The van der Waals surface area contributed by atoms with Gasteiger partial charge in [0.1, 0.15) is 5.75 Å². The van der Waals surface area contributed by atoms with Gasteiger partial charge in [-0.25, -0.2) is 0 Å². The van der Waals surface area contributed by atoms with Crippen LogP contribution in [0.25, 0.3) is 0 Å². The molecule has 1 saturated heterocycles. The molecule has 1 aliphatic heterocycles. The molecule has 21 heavy (non-hydrogen) atoms. The summed E-state index contributed by atoms with van der Waals surface area (Å²) >= 11 is 5.08. The smallest absolute Gasteiger partial charge is 0.406 e. The SMILES string of the molecule is NC(=S)C1CCCCN1Cc1ccc(OC(F)(F)F)cc1. The second kappa shape index (κ2) is 6.62. The number of alkyl halides is 3. The van der Waals surface area contributed by atoms with E-state index in [0.717, 1.165) is 31.4 Å². The summed E-state index contributed by atoms with van der Waals surface area (Å²) in [7, 11) is 0. The molecular weight excluding hydrogens is 301 g/mol. The molecule has 1 fully saturated rings. The molecule has 1 unspecified atom stereocenters. The Balaban J connectivity index is 2.00. The Morgan fingerprint density at radius 2 is 1.95 bits per heavy atom. The highest BCUT2D eigenvalue weighted by atomic mass is 32.1. The van der Waals surface area contributed by atoms with Crippen molar-refractivity contribution in [3.63, 3.8) is 0 Å². The van der Waals surface area contributed by atoms with Gasteiger partial charge < -0.3 is 10.5 Å². The summed E-state index contributed by atoms with van der Waals surface area (Å²) in [5.74, 6) is -0.212. The number of piperidine rings is 1. The van der Waals surface area contributed by atoms with E-state index in [1.807, 2.05) is 0 Å². The molecule has 1 aromatic rings. The zero-order valence-electron chi connectivity index (χ0n) is 11.4. The van der Waals surface area contributed by atoms with E-state index in [1.165, 1.54) is 12.1 Å². The molecule has 0 radical (unpaired) electrons. The third kappa shape index (κ3) is 4.86. The Bertz CT molecular complexity index is 490. The van der Waals surface area contributed by atoms with Crippen molar-refractivity contribution in [1.29, 1.82) is 0 Å². The van der Waals surface area contributed by atoms with Crippen molar-refractivity contribution in [2.24, 2.45) is 5.73 Å². The maximum atomic E-state index is 12.1. The average Bonchev–Trinajstić information content (AvgIpc) is 2.40. The molecule has 3 nitrogen and oxygen atoms in total. The van der Waals surface area contributed by atoms with E-state index in [4.69, 9.17) is 18.0 Å². The van der Waals surface area contributed by atoms with E-state index in [-0.39, 0.29) is 11.8 Å². The van der Waals surface area contributed by atoms with Gasteiger partial charge in [-0.05, 0) is 37.1 Å². The van der Waals surface area contributed by atoms with Crippen LogP contribution in [0.5, 0.6) is 5.75 Å². The van der Waals surface area contributed by atoms with Gasteiger partial charge in [-0.15, -0.1) is 13.2 Å². The third-order valence-corrected chi connectivity index (χ3v) is 3.76. The molecule has 1 atom stereocenters. The molecule has 1 aromatic carbocycles. The quantitative estimate of drug-likeness (QED) is 0.865. The zero-order chi connectivity index (χ0) is 15.5. The Labute approximate surface area is 126 Å². The number of benzene rings is 1. The van der Waals surface area contributed by atoms with Crippen molar-refractivity contribution >= 4 is 17.2 Å². The number of thiocarbonyl (C=S) groups is 1. The maximum Gasteiger partial charge on any atom is 0.573 e. The van der Waals surface area contributed by atoms with Crippen molar-refractivity contribution < 1.29 is 17.9 Å². The molecule has 1 aliphatic rings. The molecule has 0 saturated carbocycles. The number of rotatable bonds is 4. The van der Waals surface area contributed by atoms with Gasteiger partial charge in [-0.2, -0.15) is 0 Å². The van der Waals surface area contributed by atoms with Gasteiger partial charge in [0.15, 0.2) is 0 Å². The number of ether oxygens (including phenoxy) is 1. The zero-order valence-corrected chi connectivity index (χ0v) is 12.2. The second-order valence-corrected chi connectivity index (χ2v) is 5.55. The van der Waals surface area contributed by atoms with Gasteiger partial charge in [0.2, 0.25) is 0 Å². The van der Waals surface area contributed by atoms with Gasteiger partial charge in [-0.1, -0.05) is 30.8 Å². The van der Waals surface area contributed by atoms with Crippen LogP contribution in [-0.2, 0) is 6.54 Å². The summed E-state index contributed by atoms with van der Waals surface area (Å²) in [5, 5.41) is 0. The minimum atomic E-state index is -4.66. The highest BCUT2D eigenvalue weighted by Gasteiger charge is 2.31. The lowest BCUT2D eigenvalue weighted by Gasteiger charge is -2.35. The largest absolute Gasteiger partial charge is 0.573 e. The van der Waals surface area contributed by atoms with Crippen LogP contribution >= 0.6 is 12.2 Å². The van der Waals surface area contributed by atoms with Crippen molar-refractivity contribution in [1.82, 2.24) is 4.90 Å². The summed E-state index contributed by atoms with van der Waals surface area (Å²) in [6, 6.07) is 5.98. The Morgan fingerprint density at radius 3 is 2.52 bits per heavy atom. The Hall–Kier alpha value is -1.34. The van der Waals surface area contributed by atoms with Gasteiger partial charge >= 0.3 is 6.36 Å². The number of hydrogen-bond donors (Lipinski definition) is 1. The first kappa shape index (κ1) is 16.0. The van der Waals surface area contributed by atoms with Crippen molar-refractivity contribution in [3.05, 3.63) is 29.8 Å². The maximum absolute atomic E-state index is 12.1. The van der Waals surface area contributed by atoms with Crippen LogP contribution in [0.15, 0.2) is 24.3 Å². The molecular formula is C14H17F3N2OS.